The van der Waals surface area contributed by atoms with Crippen molar-refractivity contribution in [1.29, 1.82) is 0 Å². The summed E-state index contributed by atoms with van der Waals surface area (Å²) in [5, 5.41) is 21.3. The monoisotopic (exact) mass is 416 g/mol. The van der Waals surface area contributed by atoms with Crippen LogP contribution in [-0.4, -0.2) is 33.3 Å². The van der Waals surface area contributed by atoms with Gasteiger partial charge >= 0.3 is 5.97 Å². The molecular formula is C23H32N2O3S. The predicted molar refractivity (Wildman–Crippen MR) is 119 cm³/mol. The van der Waals surface area contributed by atoms with Crippen LogP contribution in [0.1, 0.15) is 75.8 Å². The van der Waals surface area contributed by atoms with Crippen molar-refractivity contribution in [1.82, 2.24) is 4.98 Å². The Kier molecular flexibility index (Phi) is 5.33. The summed E-state index contributed by atoms with van der Waals surface area (Å²) in [6, 6.07) is 6.96. The number of benzene rings is 1. The first-order valence-corrected chi connectivity index (χ1v) is 10.9. The Bertz CT molecular complexity index is 911. The van der Waals surface area contributed by atoms with Crippen LogP contribution in [0.4, 0.5) is 10.8 Å². The molecule has 0 radical (unpaired) electrons. The Hall–Kier alpha value is -1.92. The molecule has 0 aliphatic heterocycles. The molecule has 1 aliphatic rings. The molecule has 29 heavy (non-hydrogen) atoms. The summed E-state index contributed by atoms with van der Waals surface area (Å²) >= 11 is 1.69. The van der Waals surface area contributed by atoms with E-state index in [1.807, 2.05) is 19.1 Å². The summed E-state index contributed by atoms with van der Waals surface area (Å²) in [6.07, 6.45) is 0.680. The number of aromatic nitrogens is 1. The number of carboxylic acids is 1. The minimum absolute atomic E-state index is 0.166. The first-order valence-electron chi connectivity index (χ1n) is 10.1. The standard InChI is InChI=1S/C23H32N2O3S/c1-14(2)12-25(16-10-8-15(9-11-16)19(26)27)20-24-17-18(29-20)21(3,4)13-23(7,28)22(17,5)6/h8-11,14,28H,12-13H2,1-7H3,(H,26,27). The molecule has 1 heterocycles. The van der Waals surface area contributed by atoms with E-state index >= 15 is 0 Å². The maximum atomic E-state index is 11.2. The van der Waals surface area contributed by atoms with Crippen LogP contribution < -0.4 is 4.90 Å². The lowest BCUT2D eigenvalue weighted by Gasteiger charge is -2.49. The summed E-state index contributed by atoms with van der Waals surface area (Å²) in [6.45, 7) is 15.5. The lowest BCUT2D eigenvalue weighted by molar-refractivity contribution is -0.0428. The van der Waals surface area contributed by atoms with Crippen LogP contribution in [0.25, 0.3) is 0 Å². The van der Waals surface area contributed by atoms with Crippen molar-refractivity contribution in [3.8, 4) is 0 Å². The number of fused-ring (bicyclic) bond motifs is 1. The molecule has 0 amide bonds. The molecule has 2 aromatic rings. The molecule has 1 unspecified atom stereocenters. The van der Waals surface area contributed by atoms with Gasteiger partial charge in [0.2, 0.25) is 0 Å². The average Bonchev–Trinajstić information content (AvgIpc) is 3.05. The second-order valence-electron chi connectivity index (χ2n) is 9.99. The number of aliphatic hydroxyl groups is 1. The van der Waals surface area contributed by atoms with E-state index in [9.17, 15) is 15.0 Å². The van der Waals surface area contributed by atoms with Gasteiger partial charge in [-0.2, -0.15) is 0 Å². The smallest absolute Gasteiger partial charge is 0.335 e. The number of carbonyl (C=O) groups is 1. The summed E-state index contributed by atoms with van der Waals surface area (Å²) < 4.78 is 0. The van der Waals surface area contributed by atoms with E-state index in [-0.39, 0.29) is 11.0 Å². The topological polar surface area (TPSA) is 73.7 Å². The molecule has 1 aliphatic carbocycles. The van der Waals surface area contributed by atoms with Gasteiger partial charge in [-0.05, 0) is 43.5 Å². The third kappa shape index (κ3) is 3.80. The van der Waals surface area contributed by atoms with Crippen molar-refractivity contribution < 1.29 is 15.0 Å². The molecule has 1 aromatic heterocycles. The molecule has 0 saturated carbocycles. The third-order valence-electron chi connectivity index (χ3n) is 6.16. The highest BCUT2D eigenvalue weighted by Gasteiger charge is 2.53. The van der Waals surface area contributed by atoms with Gasteiger partial charge in [0.05, 0.1) is 16.9 Å². The normalized spacial score (nSPS) is 22.4. The Morgan fingerprint density at radius 1 is 1.17 bits per heavy atom. The minimum atomic E-state index is -0.928. The van der Waals surface area contributed by atoms with E-state index in [0.29, 0.717) is 12.3 Å². The largest absolute Gasteiger partial charge is 0.478 e. The van der Waals surface area contributed by atoms with Gasteiger partial charge in [0, 0.05) is 27.9 Å². The van der Waals surface area contributed by atoms with Crippen molar-refractivity contribution in [2.45, 2.75) is 71.3 Å². The van der Waals surface area contributed by atoms with Crippen molar-refractivity contribution in [3.63, 3.8) is 0 Å². The van der Waals surface area contributed by atoms with Crippen LogP contribution in [0, 0.1) is 5.92 Å². The van der Waals surface area contributed by atoms with Gasteiger partial charge in [-0.25, -0.2) is 9.78 Å². The van der Waals surface area contributed by atoms with Crippen molar-refractivity contribution >= 4 is 28.1 Å². The van der Waals surface area contributed by atoms with Crippen molar-refractivity contribution in [2.75, 3.05) is 11.4 Å². The van der Waals surface area contributed by atoms with Crippen LogP contribution in [0.3, 0.4) is 0 Å². The zero-order chi connectivity index (χ0) is 21.8. The van der Waals surface area contributed by atoms with Crippen molar-refractivity contribution in [3.05, 3.63) is 40.4 Å². The number of nitrogens with zero attached hydrogens (tertiary/aromatic N) is 2. The summed E-state index contributed by atoms with van der Waals surface area (Å²) in [5.74, 6) is -0.526. The Morgan fingerprint density at radius 2 is 1.76 bits per heavy atom. The molecule has 1 atom stereocenters. The average molecular weight is 417 g/mol. The summed E-state index contributed by atoms with van der Waals surface area (Å²) in [7, 11) is 0. The summed E-state index contributed by atoms with van der Waals surface area (Å²) in [4.78, 5) is 19.7. The van der Waals surface area contributed by atoms with E-state index < -0.39 is 17.0 Å². The molecule has 6 heteroatoms. The van der Waals surface area contributed by atoms with E-state index in [0.717, 1.165) is 23.1 Å². The zero-order valence-corrected chi connectivity index (χ0v) is 19.2. The highest BCUT2D eigenvalue weighted by molar-refractivity contribution is 7.16. The molecule has 1 aromatic carbocycles. The number of hydrogen-bond acceptors (Lipinski definition) is 5. The third-order valence-corrected chi connectivity index (χ3v) is 7.60. The molecular weight excluding hydrogens is 384 g/mol. The van der Waals surface area contributed by atoms with E-state index in [4.69, 9.17) is 4.98 Å². The van der Waals surface area contributed by atoms with E-state index in [1.165, 1.54) is 4.88 Å². The number of rotatable bonds is 5. The van der Waals surface area contributed by atoms with E-state index in [2.05, 4.69) is 46.4 Å². The molecule has 0 spiro atoms. The van der Waals surface area contributed by atoms with Crippen LogP contribution in [0.15, 0.2) is 24.3 Å². The number of anilines is 2. The highest BCUT2D eigenvalue weighted by atomic mass is 32.1. The highest BCUT2D eigenvalue weighted by Crippen LogP contribution is 2.54. The first-order chi connectivity index (χ1) is 13.3. The molecule has 2 N–H and O–H groups in total. The maximum absolute atomic E-state index is 11.2. The Labute approximate surface area is 177 Å². The minimum Gasteiger partial charge on any atom is -0.478 e. The lowest BCUT2D eigenvalue weighted by Crippen LogP contribution is -2.53. The molecule has 158 valence electrons. The predicted octanol–water partition coefficient (Wildman–Crippen LogP) is 5.35. The molecule has 0 saturated heterocycles. The van der Waals surface area contributed by atoms with Gasteiger partial charge in [0.25, 0.3) is 0 Å². The fourth-order valence-electron chi connectivity index (χ4n) is 4.17. The van der Waals surface area contributed by atoms with Crippen LogP contribution >= 0.6 is 11.3 Å². The molecule has 0 bridgehead atoms. The molecule has 0 fully saturated rings. The number of aromatic carboxylic acids is 1. The van der Waals surface area contributed by atoms with Crippen LogP contribution in [-0.2, 0) is 10.8 Å². The number of carboxylic acid groups (broad SMARTS) is 1. The fraction of sp³-hybridized carbons (Fsp3) is 0.565. The van der Waals surface area contributed by atoms with Gasteiger partial charge < -0.3 is 15.1 Å². The quantitative estimate of drug-likeness (QED) is 0.688. The van der Waals surface area contributed by atoms with Gasteiger partial charge in [-0.3, -0.25) is 0 Å². The zero-order valence-electron chi connectivity index (χ0n) is 18.4. The van der Waals surface area contributed by atoms with Gasteiger partial charge in [0.15, 0.2) is 5.13 Å². The Balaban J connectivity index is 2.12. The van der Waals surface area contributed by atoms with Gasteiger partial charge in [-0.15, -0.1) is 11.3 Å². The lowest BCUT2D eigenvalue weighted by atomic mass is 9.60. The first kappa shape index (κ1) is 21.8. The molecule has 5 nitrogen and oxygen atoms in total. The Morgan fingerprint density at radius 3 is 2.28 bits per heavy atom. The SMILES string of the molecule is CC(C)CN(c1ccc(C(=O)O)cc1)c1nc2c(s1)C(C)(C)CC(C)(O)C2(C)C. The number of thiazole rings is 1. The second kappa shape index (κ2) is 7.10. The summed E-state index contributed by atoms with van der Waals surface area (Å²) in [5.41, 5.74) is 0.701. The van der Waals surface area contributed by atoms with E-state index in [1.54, 1.807) is 23.5 Å². The van der Waals surface area contributed by atoms with Crippen LogP contribution in [0.5, 0.6) is 0 Å². The second-order valence-corrected chi connectivity index (χ2v) is 11.0. The number of hydrogen-bond donors (Lipinski definition) is 2. The molecule has 3 rings (SSSR count). The fourth-order valence-corrected chi connectivity index (χ4v) is 5.52. The van der Waals surface area contributed by atoms with Crippen molar-refractivity contribution in [2.24, 2.45) is 5.92 Å². The van der Waals surface area contributed by atoms with Gasteiger partial charge in [0.1, 0.15) is 0 Å². The maximum Gasteiger partial charge on any atom is 0.335 e. The van der Waals surface area contributed by atoms with Crippen LogP contribution in [0.2, 0.25) is 0 Å². The van der Waals surface area contributed by atoms with Gasteiger partial charge in [-0.1, -0.05) is 41.5 Å².